The zero-order valence-corrected chi connectivity index (χ0v) is 19.7. The van der Waals surface area contributed by atoms with Gasteiger partial charge < -0.3 is 20.1 Å². The maximum atomic E-state index is 13.7. The third-order valence-corrected chi connectivity index (χ3v) is 6.68. The lowest BCUT2D eigenvalue weighted by molar-refractivity contribution is -0.156. The molecule has 1 unspecified atom stereocenters. The standard InChI is InChI=1S/C24H40N2O5/c1-6-10-15(5)25-22(28)21-18-13-12-16(11-7-2)19(24(30)31-9-4)20(18)23(29)26(21)17(8-3)14-27/h12-13,15-21,27H,6-11,14H2,1-5H3,(H,25,28)/t15?,16-,17+,18+,19-,20-,21+/m1/s1. The van der Waals surface area contributed by atoms with Crippen LogP contribution in [0.3, 0.4) is 0 Å². The fourth-order valence-electron chi connectivity index (χ4n) is 5.26. The van der Waals surface area contributed by atoms with Crippen molar-refractivity contribution in [3.05, 3.63) is 12.2 Å². The van der Waals surface area contributed by atoms with Crippen LogP contribution in [-0.4, -0.2) is 59.1 Å². The second-order valence-electron chi connectivity index (χ2n) is 8.85. The van der Waals surface area contributed by atoms with Crippen LogP contribution in [-0.2, 0) is 19.1 Å². The summed E-state index contributed by atoms with van der Waals surface area (Å²) in [6, 6.07) is -1.20. The Hall–Kier alpha value is -1.89. The van der Waals surface area contributed by atoms with Crippen molar-refractivity contribution in [2.45, 2.75) is 84.8 Å². The summed E-state index contributed by atoms with van der Waals surface area (Å²) >= 11 is 0. The van der Waals surface area contributed by atoms with Gasteiger partial charge in [0.1, 0.15) is 6.04 Å². The predicted octanol–water partition coefficient (Wildman–Crippen LogP) is 2.67. The van der Waals surface area contributed by atoms with Crippen molar-refractivity contribution in [2.24, 2.45) is 23.7 Å². The van der Waals surface area contributed by atoms with Crippen molar-refractivity contribution in [3.8, 4) is 0 Å². The molecular weight excluding hydrogens is 396 g/mol. The molecule has 1 aliphatic carbocycles. The van der Waals surface area contributed by atoms with Crippen molar-refractivity contribution in [1.29, 1.82) is 0 Å². The SMILES string of the molecule is CCCC(C)NC(=O)[C@@H]1[C@H]2C=C[C@@H](CCC)[C@@H](C(=O)OCC)[C@@H]2C(=O)N1[C@@H](CC)CO. The normalized spacial score (nSPS) is 29.4. The van der Waals surface area contributed by atoms with Crippen molar-refractivity contribution in [3.63, 3.8) is 0 Å². The first-order valence-electron chi connectivity index (χ1n) is 11.9. The van der Waals surface area contributed by atoms with Crippen LogP contribution in [0.5, 0.6) is 0 Å². The highest BCUT2D eigenvalue weighted by Crippen LogP contribution is 2.46. The van der Waals surface area contributed by atoms with Gasteiger partial charge in [-0.15, -0.1) is 0 Å². The number of carbonyl (C=O) groups excluding carboxylic acids is 3. The fourth-order valence-corrected chi connectivity index (χ4v) is 5.26. The van der Waals surface area contributed by atoms with Crippen LogP contribution in [0.25, 0.3) is 0 Å². The Morgan fingerprint density at radius 1 is 1.19 bits per heavy atom. The number of amides is 2. The molecule has 0 spiro atoms. The Balaban J connectivity index is 2.48. The Morgan fingerprint density at radius 2 is 1.90 bits per heavy atom. The summed E-state index contributed by atoms with van der Waals surface area (Å²) in [5.41, 5.74) is 0. The van der Waals surface area contributed by atoms with Gasteiger partial charge in [0.05, 0.1) is 31.1 Å². The number of aliphatic hydroxyl groups excluding tert-OH is 1. The number of hydrogen-bond donors (Lipinski definition) is 2. The molecule has 31 heavy (non-hydrogen) atoms. The summed E-state index contributed by atoms with van der Waals surface area (Å²) in [4.78, 5) is 41.5. The number of nitrogens with one attached hydrogen (secondary N) is 1. The molecule has 0 saturated carbocycles. The highest BCUT2D eigenvalue weighted by atomic mass is 16.5. The van der Waals surface area contributed by atoms with E-state index in [1.54, 1.807) is 11.8 Å². The number of fused-ring (bicyclic) bond motifs is 1. The van der Waals surface area contributed by atoms with E-state index in [0.29, 0.717) is 6.42 Å². The third kappa shape index (κ3) is 5.30. The lowest BCUT2D eigenvalue weighted by atomic mass is 9.68. The average molecular weight is 437 g/mol. The number of aliphatic hydroxyl groups is 1. The summed E-state index contributed by atoms with van der Waals surface area (Å²) in [5.74, 6) is -2.56. The lowest BCUT2D eigenvalue weighted by Crippen LogP contribution is -2.53. The minimum absolute atomic E-state index is 0.0102. The lowest BCUT2D eigenvalue weighted by Gasteiger charge is -2.34. The van der Waals surface area contributed by atoms with Gasteiger partial charge >= 0.3 is 5.97 Å². The quantitative estimate of drug-likeness (QED) is 0.383. The van der Waals surface area contributed by atoms with Crippen molar-refractivity contribution in [2.75, 3.05) is 13.2 Å². The molecule has 0 aromatic heterocycles. The maximum Gasteiger partial charge on any atom is 0.310 e. The number of rotatable bonds is 11. The summed E-state index contributed by atoms with van der Waals surface area (Å²) in [6.07, 6.45) is 7.93. The van der Waals surface area contributed by atoms with Gasteiger partial charge in [-0.2, -0.15) is 0 Å². The van der Waals surface area contributed by atoms with Crippen molar-refractivity contribution < 1.29 is 24.2 Å². The van der Waals surface area contributed by atoms with E-state index in [1.165, 1.54) is 0 Å². The number of ether oxygens (including phenoxy) is 1. The number of allylic oxidation sites excluding steroid dienone is 1. The van der Waals surface area contributed by atoms with Gasteiger partial charge in [-0.25, -0.2) is 0 Å². The molecule has 2 rings (SSSR count). The van der Waals surface area contributed by atoms with E-state index in [1.807, 2.05) is 26.0 Å². The van der Waals surface area contributed by atoms with Crippen molar-refractivity contribution >= 4 is 17.8 Å². The van der Waals surface area contributed by atoms with Crippen LogP contribution >= 0.6 is 0 Å². The third-order valence-electron chi connectivity index (χ3n) is 6.68. The molecule has 1 saturated heterocycles. The Morgan fingerprint density at radius 3 is 2.45 bits per heavy atom. The van der Waals surface area contributed by atoms with Crippen LogP contribution in [0.4, 0.5) is 0 Å². The first kappa shape index (κ1) is 25.4. The highest BCUT2D eigenvalue weighted by Gasteiger charge is 2.58. The van der Waals surface area contributed by atoms with Gasteiger partial charge in [0.15, 0.2) is 0 Å². The minimum Gasteiger partial charge on any atom is -0.466 e. The van der Waals surface area contributed by atoms with Gasteiger partial charge in [0.25, 0.3) is 0 Å². The number of nitrogens with zero attached hydrogens (tertiary/aromatic N) is 1. The molecule has 7 nitrogen and oxygen atoms in total. The van der Waals surface area contributed by atoms with E-state index in [0.717, 1.165) is 25.7 Å². The van der Waals surface area contributed by atoms with E-state index >= 15 is 0 Å². The number of likely N-dealkylation sites (tertiary alicyclic amines) is 1. The van der Waals surface area contributed by atoms with Crippen LogP contribution < -0.4 is 5.32 Å². The smallest absolute Gasteiger partial charge is 0.310 e. The first-order valence-corrected chi connectivity index (χ1v) is 11.9. The molecule has 1 fully saturated rings. The molecular formula is C24H40N2O5. The van der Waals surface area contributed by atoms with Gasteiger partial charge in [-0.1, -0.05) is 45.8 Å². The first-order chi connectivity index (χ1) is 14.9. The monoisotopic (exact) mass is 436 g/mol. The molecule has 1 aliphatic heterocycles. The highest BCUT2D eigenvalue weighted by molar-refractivity contribution is 5.96. The van der Waals surface area contributed by atoms with Gasteiger partial charge in [-0.3, -0.25) is 14.4 Å². The Bertz CT molecular complexity index is 660. The molecule has 176 valence electrons. The zero-order valence-electron chi connectivity index (χ0n) is 19.7. The second-order valence-corrected chi connectivity index (χ2v) is 8.85. The molecule has 0 aromatic carbocycles. The Kier molecular flexibility index (Phi) is 9.54. The van der Waals surface area contributed by atoms with Gasteiger partial charge in [0.2, 0.25) is 11.8 Å². The molecule has 0 bridgehead atoms. The number of esters is 1. The van der Waals surface area contributed by atoms with E-state index in [4.69, 9.17) is 4.74 Å². The molecule has 0 aromatic rings. The number of hydrogen-bond acceptors (Lipinski definition) is 5. The molecule has 2 aliphatic rings. The van der Waals surface area contributed by atoms with Crippen LogP contribution in [0, 0.1) is 23.7 Å². The summed E-state index contributed by atoms with van der Waals surface area (Å²) in [6.45, 7) is 9.75. The van der Waals surface area contributed by atoms with E-state index in [2.05, 4.69) is 19.2 Å². The molecule has 1 heterocycles. The van der Waals surface area contributed by atoms with Crippen LogP contribution in [0.15, 0.2) is 12.2 Å². The summed E-state index contributed by atoms with van der Waals surface area (Å²) < 4.78 is 5.36. The fraction of sp³-hybridized carbons (Fsp3) is 0.792. The second kappa shape index (κ2) is 11.7. The average Bonchev–Trinajstić information content (AvgIpc) is 3.02. The molecule has 7 atom stereocenters. The van der Waals surface area contributed by atoms with Crippen LogP contribution in [0.2, 0.25) is 0 Å². The zero-order chi connectivity index (χ0) is 23.1. The molecule has 7 heteroatoms. The predicted molar refractivity (Wildman–Crippen MR) is 119 cm³/mol. The summed E-state index contributed by atoms with van der Waals surface area (Å²) in [7, 11) is 0. The van der Waals surface area contributed by atoms with Gasteiger partial charge in [-0.05, 0) is 39.0 Å². The topological polar surface area (TPSA) is 95.9 Å². The minimum atomic E-state index is -0.732. The van der Waals surface area contributed by atoms with Crippen LogP contribution in [0.1, 0.15) is 66.7 Å². The van der Waals surface area contributed by atoms with Crippen molar-refractivity contribution in [1.82, 2.24) is 10.2 Å². The molecule has 2 amide bonds. The van der Waals surface area contributed by atoms with E-state index in [-0.39, 0.29) is 43.0 Å². The molecule has 2 N–H and O–H groups in total. The van der Waals surface area contributed by atoms with E-state index in [9.17, 15) is 19.5 Å². The van der Waals surface area contributed by atoms with E-state index < -0.39 is 29.8 Å². The van der Waals surface area contributed by atoms with Gasteiger partial charge in [0, 0.05) is 12.0 Å². The maximum absolute atomic E-state index is 13.7. The summed E-state index contributed by atoms with van der Waals surface area (Å²) in [5, 5.41) is 13.0. The Labute approximate surface area is 186 Å². The largest absolute Gasteiger partial charge is 0.466 e. The molecule has 0 radical (unpaired) electrons. The number of carbonyl (C=O) groups is 3.